The van der Waals surface area contributed by atoms with E-state index in [1.54, 1.807) is 42.5 Å². The van der Waals surface area contributed by atoms with E-state index in [9.17, 15) is 14.4 Å². The van der Waals surface area contributed by atoms with Crippen LogP contribution in [0.2, 0.25) is 0 Å². The van der Waals surface area contributed by atoms with Gasteiger partial charge in [-0.2, -0.15) is 0 Å². The normalized spacial score (nSPS) is 25.8. The first-order valence-corrected chi connectivity index (χ1v) is 9.26. The standard InChI is InChI=1S/C22H19NO3/c24-20-14-4-1-2-5-15(14)21(25)19-16(20)6-3-7-18(19)23-22(26)17-11-12-8-9-13(17)10-12/h1-7,12-13,17H,8-11H2,(H,23,26)/t12-,13+,17-/m0/s1. The maximum atomic E-state index is 13.0. The van der Waals surface area contributed by atoms with Gasteiger partial charge >= 0.3 is 0 Å². The number of benzene rings is 2. The molecule has 2 aromatic rings. The van der Waals surface area contributed by atoms with Gasteiger partial charge in [-0.05, 0) is 37.2 Å². The summed E-state index contributed by atoms with van der Waals surface area (Å²) >= 11 is 0. The highest BCUT2D eigenvalue weighted by atomic mass is 16.2. The van der Waals surface area contributed by atoms with Crippen LogP contribution in [0.15, 0.2) is 42.5 Å². The van der Waals surface area contributed by atoms with Crippen LogP contribution in [-0.2, 0) is 4.79 Å². The van der Waals surface area contributed by atoms with E-state index in [4.69, 9.17) is 0 Å². The lowest BCUT2D eigenvalue weighted by atomic mass is 9.83. The molecule has 26 heavy (non-hydrogen) atoms. The lowest BCUT2D eigenvalue weighted by Crippen LogP contribution is -2.29. The van der Waals surface area contributed by atoms with Crippen molar-refractivity contribution < 1.29 is 14.4 Å². The molecule has 0 saturated heterocycles. The van der Waals surface area contributed by atoms with Crippen molar-refractivity contribution in [2.45, 2.75) is 25.7 Å². The van der Waals surface area contributed by atoms with Crippen LogP contribution >= 0.6 is 0 Å². The summed E-state index contributed by atoms with van der Waals surface area (Å²) in [6, 6.07) is 12.0. The van der Waals surface area contributed by atoms with E-state index in [0.717, 1.165) is 19.3 Å². The predicted octanol–water partition coefficient (Wildman–Crippen LogP) is 3.84. The Morgan fingerprint density at radius 1 is 0.846 bits per heavy atom. The summed E-state index contributed by atoms with van der Waals surface area (Å²) < 4.78 is 0. The van der Waals surface area contributed by atoms with E-state index in [2.05, 4.69) is 5.32 Å². The Balaban J connectivity index is 1.51. The Kier molecular flexibility index (Phi) is 3.36. The highest BCUT2D eigenvalue weighted by molar-refractivity contribution is 6.30. The van der Waals surface area contributed by atoms with E-state index in [-0.39, 0.29) is 23.4 Å². The molecule has 3 aliphatic rings. The molecule has 130 valence electrons. The number of hydrogen-bond acceptors (Lipinski definition) is 3. The highest BCUT2D eigenvalue weighted by Gasteiger charge is 2.43. The first-order chi connectivity index (χ1) is 12.6. The van der Waals surface area contributed by atoms with E-state index in [1.165, 1.54) is 6.42 Å². The second-order valence-electron chi connectivity index (χ2n) is 7.70. The highest BCUT2D eigenvalue weighted by Crippen LogP contribution is 2.48. The zero-order valence-corrected chi connectivity index (χ0v) is 14.3. The Hall–Kier alpha value is -2.75. The molecule has 4 heteroatoms. The number of anilines is 1. The molecule has 0 unspecified atom stereocenters. The summed E-state index contributed by atoms with van der Waals surface area (Å²) in [7, 11) is 0. The second-order valence-corrected chi connectivity index (χ2v) is 7.70. The maximum Gasteiger partial charge on any atom is 0.227 e. The minimum absolute atomic E-state index is 0.00953. The van der Waals surface area contributed by atoms with Crippen LogP contribution < -0.4 is 5.32 Å². The zero-order valence-electron chi connectivity index (χ0n) is 14.3. The number of rotatable bonds is 2. The fourth-order valence-electron chi connectivity index (χ4n) is 5.04. The van der Waals surface area contributed by atoms with Gasteiger partial charge in [0.1, 0.15) is 0 Å². The average molecular weight is 345 g/mol. The summed E-state index contributed by atoms with van der Waals surface area (Å²) in [5.41, 5.74) is 2.00. The molecule has 1 N–H and O–H groups in total. The van der Waals surface area contributed by atoms with Gasteiger partial charge < -0.3 is 5.32 Å². The predicted molar refractivity (Wildman–Crippen MR) is 97.3 cm³/mol. The van der Waals surface area contributed by atoms with Crippen LogP contribution in [0.3, 0.4) is 0 Å². The minimum Gasteiger partial charge on any atom is -0.325 e. The van der Waals surface area contributed by atoms with Gasteiger partial charge in [0.05, 0.1) is 11.3 Å². The third-order valence-electron chi connectivity index (χ3n) is 6.29. The number of carbonyl (C=O) groups is 3. The van der Waals surface area contributed by atoms with Crippen molar-refractivity contribution in [2.75, 3.05) is 5.32 Å². The Labute approximate surface area is 151 Å². The largest absolute Gasteiger partial charge is 0.325 e. The molecule has 0 aliphatic heterocycles. The smallest absolute Gasteiger partial charge is 0.227 e. The molecular formula is C22H19NO3. The molecule has 1 amide bonds. The summed E-state index contributed by atoms with van der Waals surface area (Å²) in [5.74, 6) is 0.814. The molecule has 2 aromatic carbocycles. The molecule has 2 saturated carbocycles. The van der Waals surface area contributed by atoms with Crippen molar-refractivity contribution in [3.8, 4) is 0 Å². The maximum absolute atomic E-state index is 13.0. The molecule has 3 atom stereocenters. The van der Waals surface area contributed by atoms with Crippen molar-refractivity contribution >= 4 is 23.2 Å². The first kappa shape index (κ1) is 15.5. The molecule has 0 spiro atoms. The molecule has 3 aliphatic carbocycles. The van der Waals surface area contributed by atoms with Crippen molar-refractivity contribution in [3.63, 3.8) is 0 Å². The molecule has 0 radical (unpaired) electrons. The number of carbonyl (C=O) groups excluding carboxylic acids is 3. The number of fused-ring (bicyclic) bond motifs is 4. The van der Waals surface area contributed by atoms with Crippen LogP contribution in [0, 0.1) is 17.8 Å². The van der Waals surface area contributed by atoms with Gasteiger partial charge in [-0.25, -0.2) is 0 Å². The minimum atomic E-state index is -0.195. The number of ketones is 2. The number of hydrogen-bond donors (Lipinski definition) is 1. The van der Waals surface area contributed by atoms with Crippen molar-refractivity contribution in [2.24, 2.45) is 17.8 Å². The van der Waals surface area contributed by atoms with Gasteiger partial charge in [0.2, 0.25) is 5.91 Å². The summed E-state index contributed by atoms with van der Waals surface area (Å²) in [6.45, 7) is 0. The van der Waals surface area contributed by atoms with Crippen LogP contribution in [0.1, 0.15) is 57.5 Å². The average Bonchev–Trinajstić information content (AvgIpc) is 3.29. The van der Waals surface area contributed by atoms with Crippen molar-refractivity contribution in [1.29, 1.82) is 0 Å². The molecular weight excluding hydrogens is 326 g/mol. The number of nitrogens with one attached hydrogen (secondary N) is 1. The molecule has 2 bridgehead atoms. The third kappa shape index (κ3) is 2.18. The fraction of sp³-hybridized carbons (Fsp3) is 0.318. The van der Waals surface area contributed by atoms with E-state index in [1.807, 2.05) is 0 Å². The van der Waals surface area contributed by atoms with Crippen LogP contribution in [0.25, 0.3) is 0 Å². The Bertz CT molecular complexity index is 962. The third-order valence-corrected chi connectivity index (χ3v) is 6.29. The fourth-order valence-corrected chi connectivity index (χ4v) is 5.04. The lowest BCUT2D eigenvalue weighted by molar-refractivity contribution is -0.121. The Morgan fingerprint density at radius 2 is 1.58 bits per heavy atom. The lowest BCUT2D eigenvalue weighted by Gasteiger charge is -2.23. The molecule has 0 heterocycles. The van der Waals surface area contributed by atoms with Crippen molar-refractivity contribution in [1.82, 2.24) is 0 Å². The van der Waals surface area contributed by atoms with Gasteiger partial charge in [0, 0.05) is 22.6 Å². The monoisotopic (exact) mass is 345 g/mol. The van der Waals surface area contributed by atoms with Crippen LogP contribution in [0.5, 0.6) is 0 Å². The topological polar surface area (TPSA) is 63.2 Å². The quantitative estimate of drug-likeness (QED) is 0.767. The van der Waals surface area contributed by atoms with Gasteiger partial charge in [-0.3, -0.25) is 14.4 Å². The SMILES string of the molecule is O=C1c2ccccc2C(=O)c2c(NC(=O)[C@H]3C[C@H]4CC[C@@H]3C4)cccc21. The number of amides is 1. The molecule has 0 aromatic heterocycles. The summed E-state index contributed by atoms with van der Waals surface area (Å²) in [4.78, 5) is 38.6. The van der Waals surface area contributed by atoms with E-state index >= 15 is 0 Å². The zero-order chi connectivity index (χ0) is 17.8. The van der Waals surface area contributed by atoms with Gasteiger partial charge in [0.15, 0.2) is 11.6 Å². The molecule has 4 nitrogen and oxygen atoms in total. The summed E-state index contributed by atoms with van der Waals surface area (Å²) in [6.07, 6.45) is 4.45. The van der Waals surface area contributed by atoms with Crippen LogP contribution in [0.4, 0.5) is 5.69 Å². The van der Waals surface area contributed by atoms with E-state index in [0.29, 0.717) is 39.8 Å². The molecule has 2 fully saturated rings. The van der Waals surface area contributed by atoms with Gasteiger partial charge in [-0.15, -0.1) is 0 Å². The summed E-state index contributed by atoms with van der Waals surface area (Å²) in [5, 5.41) is 2.97. The van der Waals surface area contributed by atoms with Gasteiger partial charge in [0.25, 0.3) is 0 Å². The second kappa shape index (κ2) is 5.63. The molecule has 5 rings (SSSR count). The van der Waals surface area contributed by atoms with Crippen LogP contribution in [-0.4, -0.2) is 17.5 Å². The van der Waals surface area contributed by atoms with Crippen molar-refractivity contribution in [3.05, 3.63) is 64.7 Å². The first-order valence-electron chi connectivity index (χ1n) is 9.26. The van der Waals surface area contributed by atoms with E-state index < -0.39 is 0 Å². The Morgan fingerprint density at radius 3 is 2.27 bits per heavy atom. The van der Waals surface area contributed by atoms with Gasteiger partial charge in [-0.1, -0.05) is 42.8 Å².